The van der Waals surface area contributed by atoms with Crippen LogP contribution in [0.15, 0.2) is 91.0 Å². The highest BCUT2D eigenvalue weighted by Crippen LogP contribution is 2.40. The number of hydrogen-bond acceptors (Lipinski definition) is 3. The summed E-state index contributed by atoms with van der Waals surface area (Å²) in [6, 6.07) is 28.1. The Morgan fingerprint density at radius 2 is 1.59 bits per heavy atom. The molecule has 5 rings (SSSR count). The van der Waals surface area contributed by atoms with Crippen molar-refractivity contribution in [2.45, 2.75) is 44.4 Å². The van der Waals surface area contributed by atoms with E-state index in [9.17, 15) is 4.79 Å². The van der Waals surface area contributed by atoms with Gasteiger partial charge in [0, 0.05) is 11.6 Å². The predicted molar refractivity (Wildman–Crippen MR) is 125 cm³/mol. The molecule has 32 heavy (non-hydrogen) atoms. The second kappa shape index (κ2) is 9.31. The summed E-state index contributed by atoms with van der Waals surface area (Å²) in [6.45, 7) is 0.305. The number of hydrogen-bond donors (Lipinski definition) is 0. The molecule has 0 saturated carbocycles. The van der Waals surface area contributed by atoms with Crippen LogP contribution in [-0.2, 0) is 11.3 Å². The van der Waals surface area contributed by atoms with Gasteiger partial charge in [-0.1, -0.05) is 72.8 Å². The molecule has 4 nitrogen and oxygen atoms in total. The highest BCUT2D eigenvalue weighted by molar-refractivity contribution is 5.76. The molecule has 2 atom stereocenters. The van der Waals surface area contributed by atoms with Gasteiger partial charge in [-0.05, 0) is 55.0 Å². The van der Waals surface area contributed by atoms with Crippen LogP contribution < -0.4 is 4.74 Å². The van der Waals surface area contributed by atoms with Crippen LogP contribution in [0.1, 0.15) is 36.8 Å². The Kier molecular flexibility index (Phi) is 5.93. The third kappa shape index (κ3) is 4.40. The van der Waals surface area contributed by atoms with Gasteiger partial charge in [0.1, 0.15) is 18.1 Å². The largest absolute Gasteiger partial charge is 0.457 e. The molecular formula is C28H27NO3. The van der Waals surface area contributed by atoms with E-state index in [1.807, 2.05) is 83.8 Å². The minimum Gasteiger partial charge on any atom is -0.457 e. The SMILES string of the molecule is O=C(OCc1ccccc1)N1C2C=C(c3ccccc3Oc3ccccc3)CC1CCC2. The van der Waals surface area contributed by atoms with Crippen LogP contribution in [0.5, 0.6) is 11.5 Å². The van der Waals surface area contributed by atoms with Gasteiger partial charge >= 0.3 is 6.09 Å². The van der Waals surface area contributed by atoms with Crippen molar-refractivity contribution in [2.24, 2.45) is 0 Å². The number of benzene rings is 3. The number of piperidine rings is 1. The van der Waals surface area contributed by atoms with Crippen molar-refractivity contribution in [3.8, 4) is 11.5 Å². The summed E-state index contributed by atoms with van der Waals surface area (Å²) in [6.07, 6.45) is 5.92. The molecule has 2 aliphatic heterocycles. The quantitative estimate of drug-likeness (QED) is 0.450. The monoisotopic (exact) mass is 425 g/mol. The standard InChI is InChI=1S/C28H27NO3/c30-28(31-20-21-10-3-1-4-11-21)29-23-12-9-13-24(29)19-22(18-23)26-16-7-8-17-27(26)32-25-14-5-2-6-15-25/h1-8,10-11,14-18,23-24H,9,12-13,19-20H2. The third-order valence-corrected chi connectivity index (χ3v) is 6.26. The van der Waals surface area contributed by atoms with Gasteiger partial charge in [0.05, 0.1) is 6.04 Å². The number of carbonyl (C=O) groups is 1. The zero-order valence-corrected chi connectivity index (χ0v) is 18.0. The maximum atomic E-state index is 13.0. The first-order chi connectivity index (χ1) is 15.8. The van der Waals surface area contributed by atoms with Crippen LogP contribution in [0.4, 0.5) is 4.79 Å². The Labute approximate surface area is 189 Å². The van der Waals surface area contributed by atoms with E-state index in [1.165, 1.54) is 5.57 Å². The highest BCUT2D eigenvalue weighted by Gasteiger charge is 2.38. The zero-order valence-electron chi connectivity index (χ0n) is 18.0. The third-order valence-electron chi connectivity index (χ3n) is 6.26. The summed E-state index contributed by atoms with van der Waals surface area (Å²) in [4.78, 5) is 14.9. The molecule has 4 heteroatoms. The van der Waals surface area contributed by atoms with Crippen LogP contribution >= 0.6 is 0 Å². The van der Waals surface area contributed by atoms with E-state index in [2.05, 4.69) is 12.1 Å². The minimum absolute atomic E-state index is 0.0607. The van der Waals surface area contributed by atoms with Crippen molar-refractivity contribution in [1.82, 2.24) is 4.90 Å². The van der Waals surface area contributed by atoms with Gasteiger partial charge in [0.15, 0.2) is 0 Å². The molecule has 3 aromatic carbocycles. The number of ether oxygens (including phenoxy) is 2. The second-order valence-electron chi connectivity index (χ2n) is 8.41. The molecule has 1 amide bonds. The smallest absolute Gasteiger partial charge is 0.410 e. The Morgan fingerprint density at radius 3 is 2.38 bits per heavy atom. The minimum atomic E-state index is -0.215. The average Bonchev–Trinajstić information content (AvgIpc) is 2.83. The summed E-state index contributed by atoms with van der Waals surface area (Å²) in [5, 5.41) is 0. The normalized spacial score (nSPS) is 19.8. The molecule has 0 aliphatic carbocycles. The summed E-state index contributed by atoms with van der Waals surface area (Å²) >= 11 is 0. The maximum absolute atomic E-state index is 13.0. The number of fused-ring (bicyclic) bond motifs is 2. The number of nitrogens with zero attached hydrogens (tertiary/aromatic N) is 1. The number of amides is 1. The molecule has 0 aromatic heterocycles. The van der Waals surface area contributed by atoms with Crippen molar-refractivity contribution in [3.63, 3.8) is 0 Å². The zero-order chi connectivity index (χ0) is 21.8. The van der Waals surface area contributed by atoms with Crippen molar-refractivity contribution >= 4 is 11.7 Å². The molecule has 2 heterocycles. The molecule has 2 unspecified atom stereocenters. The van der Waals surface area contributed by atoms with Gasteiger partial charge in [-0.2, -0.15) is 0 Å². The molecule has 162 valence electrons. The predicted octanol–water partition coefficient (Wildman–Crippen LogP) is 6.83. The van der Waals surface area contributed by atoms with E-state index < -0.39 is 0 Å². The van der Waals surface area contributed by atoms with Crippen LogP contribution in [-0.4, -0.2) is 23.1 Å². The van der Waals surface area contributed by atoms with Gasteiger partial charge in [-0.3, -0.25) is 4.90 Å². The molecule has 2 bridgehead atoms. The summed E-state index contributed by atoms with van der Waals surface area (Å²) in [5.41, 5.74) is 3.36. The van der Waals surface area contributed by atoms with E-state index in [0.29, 0.717) is 6.61 Å². The molecule has 1 saturated heterocycles. The lowest BCUT2D eigenvalue weighted by Crippen LogP contribution is -2.51. The van der Waals surface area contributed by atoms with Crippen molar-refractivity contribution in [3.05, 3.63) is 102 Å². The Balaban J connectivity index is 1.36. The molecule has 0 N–H and O–H groups in total. The van der Waals surface area contributed by atoms with Gasteiger partial charge in [0.2, 0.25) is 0 Å². The van der Waals surface area contributed by atoms with E-state index in [4.69, 9.17) is 9.47 Å². The van der Waals surface area contributed by atoms with Crippen molar-refractivity contribution in [2.75, 3.05) is 0 Å². The lowest BCUT2D eigenvalue weighted by molar-refractivity contribution is 0.0510. The number of para-hydroxylation sites is 2. The Hall–Kier alpha value is -3.53. The van der Waals surface area contributed by atoms with Crippen LogP contribution in [0.3, 0.4) is 0 Å². The molecule has 0 spiro atoms. The second-order valence-corrected chi connectivity index (χ2v) is 8.41. The summed E-state index contributed by atoms with van der Waals surface area (Å²) in [7, 11) is 0. The first kappa shape index (κ1) is 20.4. The molecular weight excluding hydrogens is 398 g/mol. The van der Waals surface area contributed by atoms with Gasteiger partial charge in [0.25, 0.3) is 0 Å². The summed E-state index contributed by atoms with van der Waals surface area (Å²) < 4.78 is 11.9. The molecule has 3 aromatic rings. The van der Waals surface area contributed by atoms with Crippen LogP contribution in [0.2, 0.25) is 0 Å². The van der Waals surface area contributed by atoms with Gasteiger partial charge in [-0.25, -0.2) is 4.79 Å². The van der Waals surface area contributed by atoms with Crippen molar-refractivity contribution in [1.29, 1.82) is 0 Å². The Morgan fingerprint density at radius 1 is 0.875 bits per heavy atom. The Bertz CT molecular complexity index is 1090. The van der Waals surface area contributed by atoms with E-state index in [-0.39, 0.29) is 18.2 Å². The topological polar surface area (TPSA) is 38.8 Å². The highest BCUT2D eigenvalue weighted by atomic mass is 16.6. The fourth-order valence-electron chi connectivity index (χ4n) is 4.74. The number of carbonyl (C=O) groups excluding carboxylic acids is 1. The molecule has 1 fully saturated rings. The van der Waals surface area contributed by atoms with Crippen molar-refractivity contribution < 1.29 is 14.3 Å². The first-order valence-electron chi connectivity index (χ1n) is 11.3. The van der Waals surface area contributed by atoms with Crippen LogP contribution in [0, 0.1) is 0 Å². The average molecular weight is 426 g/mol. The van der Waals surface area contributed by atoms with E-state index in [1.54, 1.807) is 0 Å². The fraction of sp³-hybridized carbons (Fsp3) is 0.250. The lowest BCUT2D eigenvalue weighted by Gasteiger charge is -2.44. The number of rotatable bonds is 5. The molecule has 2 aliphatic rings. The summed E-state index contributed by atoms with van der Waals surface area (Å²) in [5.74, 6) is 1.67. The van der Waals surface area contributed by atoms with E-state index >= 15 is 0 Å². The van der Waals surface area contributed by atoms with Gasteiger partial charge in [-0.15, -0.1) is 0 Å². The first-order valence-corrected chi connectivity index (χ1v) is 11.3. The van der Waals surface area contributed by atoms with E-state index in [0.717, 1.165) is 48.3 Å². The fourth-order valence-corrected chi connectivity index (χ4v) is 4.74. The van der Waals surface area contributed by atoms with Crippen LogP contribution in [0.25, 0.3) is 5.57 Å². The molecule has 0 radical (unpaired) electrons. The lowest BCUT2D eigenvalue weighted by atomic mass is 9.83. The maximum Gasteiger partial charge on any atom is 0.410 e. The van der Waals surface area contributed by atoms with Gasteiger partial charge < -0.3 is 9.47 Å².